The van der Waals surface area contributed by atoms with Crippen LogP contribution in [0.1, 0.15) is 75.4 Å². The Balaban J connectivity index is 1.31. The van der Waals surface area contributed by atoms with Crippen molar-refractivity contribution in [1.82, 2.24) is 34.1 Å². The minimum atomic E-state index is -4.52. The van der Waals surface area contributed by atoms with Crippen molar-refractivity contribution < 1.29 is 17.9 Å². The van der Waals surface area contributed by atoms with Gasteiger partial charge in [-0.2, -0.15) is 13.2 Å². The first-order valence-corrected chi connectivity index (χ1v) is 18.1. The summed E-state index contributed by atoms with van der Waals surface area (Å²) in [6.07, 6.45) is 3.52. The first kappa shape index (κ1) is 30.8. The minimum absolute atomic E-state index is 0.0295. The van der Waals surface area contributed by atoms with Crippen LogP contribution in [0.4, 0.5) is 13.2 Å². The molecule has 4 aromatic heterocycles. The monoisotopic (exact) mass is 735 g/mol. The molecule has 0 N–H and O–H groups in total. The molecule has 0 aliphatic heterocycles. The van der Waals surface area contributed by atoms with E-state index in [-0.39, 0.29) is 27.5 Å². The van der Waals surface area contributed by atoms with Crippen LogP contribution in [-0.2, 0) is 12.7 Å². The summed E-state index contributed by atoms with van der Waals surface area (Å²) in [4.78, 5) is 36.6. The number of ether oxygens (including phenoxy) is 1. The molecule has 2 aliphatic carbocycles. The van der Waals surface area contributed by atoms with Gasteiger partial charge in [-0.15, -0.1) is 0 Å². The third-order valence-electron chi connectivity index (χ3n) is 8.08. The molecular weight excluding hydrogens is 702 g/mol. The number of halogens is 3. The Hall–Kier alpha value is -3.81. The van der Waals surface area contributed by atoms with E-state index in [4.69, 9.17) is 14.7 Å². The predicted octanol–water partition coefficient (Wildman–Crippen LogP) is 5.95. The van der Waals surface area contributed by atoms with E-state index in [1.54, 1.807) is 34.6 Å². The van der Waals surface area contributed by atoms with E-state index in [0.29, 0.717) is 34.3 Å². The number of rotatable bonds is 8. The number of alkyl halides is 3. The van der Waals surface area contributed by atoms with E-state index in [9.17, 15) is 18.0 Å². The van der Waals surface area contributed by atoms with Gasteiger partial charge in [-0.1, -0.05) is 0 Å². The SMILES string of the molecule is COc1ncnc(C2CC2)c1-c1ncc2c[c]([Sn][C](C)(C)C)c(=O)n(Cc3ccc(-c4nc(C(F)(F)F)cn4C4CC4)cc3)c2n1. The zero-order valence-electron chi connectivity index (χ0n) is 25.9. The van der Waals surface area contributed by atoms with Gasteiger partial charge in [0.25, 0.3) is 0 Å². The second-order valence-electron chi connectivity index (χ2n) is 13.0. The first-order chi connectivity index (χ1) is 21.9. The average molecular weight is 734 g/mol. The Morgan fingerprint density at radius 1 is 1.00 bits per heavy atom. The molecule has 2 fully saturated rings. The summed E-state index contributed by atoms with van der Waals surface area (Å²) >= 11 is -1.31. The van der Waals surface area contributed by atoms with E-state index in [2.05, 4.69) is 35.7 Å². The molecule has 0 spiro atoms. The standard InChI is InChI=1S/C29H23F3N7O2.C4H9.Sn/c1-41-28-23(24(17-6-7-17)34-15-35-28)25-33-12-19-8-11-22(40)39(27(19)37-25)13-16-2-4-18(5-3-16)26-36-21(29(30,31)32)14-38(26)20-9-10-20;1-4(2)3;/h2-5,8,12,14-15,17,20H,6-7,9-10,13H2,1H3;1-3H3;. The molecule has 0 saturated heterocycles. The molecule has 13 heteroatoms. The number of hydrogen-bond acceptors (Lipinski definition) is 7. The van der Waals surface area contributed by atoms with Crippen molar-refractivity contribution in [1.29, 1.82) is 0 Å². The van der Waals surface area contributed by atoms with Crippen LogP contribution < -0.4 is 13.9 Å². The zero-order chi connectivity index (χ0) is 32.4. The van der Waals surface area contributed by atoms with E-state index < -0.39 is 33.0 Å². The maximum atomic E-state index is 14.1. The second-order valence-corrected chi connectivity index (χ2v) is 19.5. The fourth-order valence-electron chi connectivity index (χ4n) is 5.65. The zero-order valence-corrected chi connectivity index (χ0v) is 28.7. The third-order valence-corrected chi connectivity index (χ3v) is 12.0. The summed E-state index contributed by atoms with van der Waals surface area (Å²) in [5.74, 6) is 1.37. The molecule has 5 aromatic rings. The third kappa shape index (κ3) is 6.15. The van der Waals surface area contributed by atoms with Gasteiger partial charge >= 0.3 is 261 Å². The molecule has 9 nitrogen and oxygen atoms in total. The van der Waals surface area contributed by atoms with Crippen LogP contribution in [0.15, 0.2) is 53.8 Å². The van der Waals surface area contributed by atoms with Gasteiger partial charge in [0.15, 0.2) is 0 Å². The van der Waals surface area contributed by atoms with Gasteiger partial charge in [0.1, 0.15) is 0 Å². The second kappa shape index (κ2) is 11.5. The number of nitrogens with zero attached hydrogens (tertiary/aromatic N) is 7. The molecular formula is C33H32F3N7O2Sn. The molecule has 2 radical (unpaired) electrons. The quantitative estimate of drug-likeness (QED) is 0.182. The van der Waals surface area contributed by atoms with Crippen molar-refractivity contribution in [2.24, 2.45) is 0 Å². The van der Waals surface area contributed by atoms with Crippen LogP contribution in [-0.4, -0.2) is 62.3 Å². The van der Waals surface area contributed by atoms with Gasteiger partial charge in [0.2, 0.25) is 0 Å². The van der Waals surface area contributed by atoms with Crippen LogP contribution in [0.2, 0.25) is 3.43 Å². The van der Waals surface area contributed by atoms with Crippen molar-refractivity contribution in [3.05, 3.63) is 76.4 Å². The van der Waals surface area contributed by atoms with E-state index >= 15 is 0 Å². The summed E-state index contributed by atoms with van der Waals surface area (Å²) in [6.45, 7) is 6.69. The maximum absolute atomic E-state index is 14.1. The van der Waals surface area contributed by atoms with E-state index in [1.807, 2.05) is 18.2 Å². The van der Waals surface area contributed by atoms with Crippen LogP contribution in [0.3, 0.4) is 0 Å². The molecule has 0 amide bonds. The molecule has 236 valence electrons. The average Bonchev–Trinajstić information content (AvgIpc) is 3.96. The molecule has 2 aliphatic rings. The predicted molar refractivity (Wildman–Crippen MR) is 168 cm³/mol. The van der Waals surface area contributed by atoms with Crippen molar-refractivity contribution >= 4 is 35.8 Å². The summed E-state index contributed by atoms with van der Waals surface area (Å²) < 4.78 is 50.3. The first-order valence-electron chi connectivity index (χ1n) is 15.2. The Kier molecular flexibility index (Phi) is 7.68. The van der Waals surface area contributed by atoms with Crippen molar-refractivity contribution in [3.63, 3.8) is 0 Å². The van der Waals surface area contributed by atoms with Crippen LogP contribution in [0, 0.1) is 0 Å². The number of aromatic nitrogens is 7. The van der Waals surface area contributed by atoms with Gasteiger partial charge in [0, 0.05) is 0 Å². The van der Waals surface area contributed by atoms with Gasteiger partial charge in [-0.25, -0.2) is 0 Å². The fraction of sp³-hybridized carbons (Fsp3) is 0.394. The normalized spacial score (nSPS) is 15.5. The molecule has 2 saturated carbocycles. The van der Waals surface area contributed by atoms with Gasteiger partial charge in [-0.05, 0) is 0 Å². The van der Waals surface area contributed by atoms with Crippen LogP contribution >= 0.6 is 0 Å². The molecule has 1 aromatic carbocycles. The number of methoxy groups -OCH3 is 1. The fourth-order valence-corrected chi connectivity index (χ4v) is 9.30. The summed E-state index contributed by atoms with van der Waals surface area (Å²) in [7, 11) is 1.55. The number of hydrogen-bond donors (Lipinski definition) is 0. The van der Waals surface area contributed by atoms with Gasteiger partial charge in [-0.3, -0.25) is 0 Å². The molecule has 0 atom stereocenters. The van der Waals surface area contributed by atoms with Gasteiger partial charge < -0.3 is 0 Å². The Labute approximate surface area is 273 Å². The van der Waals surface area contributed by atoms with E-state index in [1.165, 1.54) is 6.33 Å². The number of imidazole rings is 1. The van der Waals surface area contributed by atoms with Crippen LogP contribution in [0.5, 0.6) is 5.88 Å². The Morgan fingerprint density at radius 2 is 1.74 bits per heavy atom. The summed E-state index contributed by atoms with van der Waals surface area (Å²) in [5.41, 5.74) is 2.39. The molecule has 0 bridgehead atoms. The number of pyridine rings is 1. The topological polar surface area (TPSA) is 101 Å². The van der Waals surface area contributed by atoms with Crippen molar-refractivity contribution in [2.45, 2.75) is 74.6 Å². The molecule has 7 rings (SSSR count). The Bertz CT molecular complexity index is 2010. The number of benzene rings is 1. The van der Waals surface area contributed by atoms with Crippen LogP contribution in [0.25, 0.3) is 33.8 Å². The number of fused-ring (bicyclic) bond motifs is 1. The van der Waals surface area contributed by atoms with E-state index in [0.717, 1.165) is 52.1 Å². The summed E-state index contributed by atoms with van der Waals surface area (Å²) in [6, 6.07) is 9.19. The summed E-state index contributed by atoms with van der Waals surface area (Å²) in [5, 5.41) is 0.759. The van der Waals surface area contributed by atoms with Crippen molar-refractivity contribution in [3.8, 4) is 28.7 Å². The molecule has 4 heterocycles. The molecule has 0 unspecified atom stereocenters. The molecule has 46 heavy (non-hydrogen) atoms. The Morgan fingerprint density at radius 3 is 2.37 bits per heavy atom. The van der Waals surface area contributed by atoms with Gasteiger partial charge in [0.05, 0.1) is 0 Å². The van der Waals surface area contributed by atoms with Crippen molar-refractivity contribution in [2.75, 3.05) is 7.11 Å².